The van der Waals surface area contributed by atoms with Crippen molar-refractivity contribution in [1.29, 1.82) is 0 Å². The van der Waals surface area contributed by atoms with Crippen molar-refractivity contribution >= 4 is 21.1 Å². The number of nitrogens with zero attached hydrogens (tertiary/aromatic N) is 1. The molecule has 0 unspecified atom stereocenters. The number of hydrogen-bond acceptors (Lipinski definition) is 3. The molecular formula is C9H6FNO2S. The summed E-state index contributed by atoms with van der Waals surface area (Å²) >= 11 is 0. The molecule has 0 radical (unpaired) electrons. The summed E-state index contributed by atoms with van der Waals surface area (Å²) < 4.78 is 33.8. The zero-order chi connectivity index (χ0) is 10.2. The molecule has 0 amide bonds. The van der Waals surface area contributed by atoms with Crippen molar-refractivity contribution in [3.05, 3.63) is 36.5 Å². The van der Waals surface area contributed by atoms with E-state index in [0.717, 1.165) is 5.39 Å². The highest BCUT2D eigenvalue weighted by molar-refractivity contribution is 7.86. The molecule has 2 rings (SSSR count). The fourth-order valence-electron chi connectivity index (χ4n) is 1.20. The molecule has 0 aliphatic carbocycles. The van der Waals surface area contributed by atoms with Crippen LogP contribution in [0.15, 0.2) is 41.4 Å². The highest BCUT2D eigenvalue weighted by Gasteiger charge is 2.11. The van der Waals surface area contributed by atoms with Crippen molar-refractivity contribution < 1.29 is 12.3 Å². The lowest BCUT2D eigenvalue weighted by Gasteiger charge is -1.97. The van der Waals surface area contributed by atoms with Gasteiger partial charge in [0.2, 0.25) is 0 Å². The first-order valence-corrected chi connectivity index (χ1v) is 5.25. The molecule has 5 heteroatoms. The van der Waals surface area contributed by atoms with Gasteiger partial charge in [0.15, 0.2) is 0 Å². The molecule has 14 heavy (non-hydrogen) atoms. The van der Waals surface area contributed by atoms with Gasteiger partial charge in [-0.15, -0.1) is 3.89 Å². The molecular weight excluding hydrogens is 205 g/mol. The predicted molar refractivity (Wildman–Crippen MR) is 50.0 cm³/mol. The Hall–Kier alpha value is -1.49. The number of pyridine rings is 1. The van der Waals surface area contributed by atoms with Crippen molar-refractivity contribution in [1.82, 2.24) is 4.98 Å². The van der Waals surface area contributed by atoms with E-state index in [1.165, 1.54) is 24.4 Å². The lowest BCUT2D eigenvalue weighted by atomic mass is 10.2. The van der Waals surface area contributed by atoms with Crippen LogP contribution >= 0.6 is 0 Å². The quantitative estimate of drug-likeness (QED) is 0.677. The average molecular weight is 211 g/mol. The second kappa shape index (κ2) is 3.02. The summed E-state index contributed by atoms with van der Waals surface area (Å²) in [6, 6.07) is 7.46. The Bertz CT molecular complexity index is 580. The van der Waals surface area contributed by atoms with E-state index in [4.69, 9.17) is 0 Å². The third kappa shape index (κ3) is 1.58. The summed E-state index contributed by atoms with van der Waals surface area (Å²) in [5.74, 6) is 0. The van der Waals surface area contributed by atoms with Gasteiger partial charge in [-0.25, -0.2) is 0 Å². The van der Waals surface area contributed by atoms with Gasteiger partial charge in [0.1, 0.15) is 4.90 Å². The van der Waals surface area contributed by atoms with Crippen LogP contribution in [-0.4, -0.2) is 13.4 Å². The Morgan fingerprint density at radius 3 is 2.71 bits per heavy atom. The molecule has 0 atom stereocenters. The number of hydrogen-bond donors (Lipinski definition) is 0. The maximum absolute atomic E-state index is 12.6. The minimum Gasteiger partial charge on any atom is -0.256 e. The highest BCUT2D eigenvalue weighted by atomic mass is 32.3. The molecule has 1 aromatic carbocycles. The van der Waals surface area contributed by atoms with Crippen molar-refractivity contribution in [3.8, 4) is 0 Å². The molecule has 0 saturated carbocycles. The molecule has 2 aromatic rings. The number of aromatic nitrogens is 1. The molecule has 0 saturated heterocycles. The molecule has 0 N–H and O–H groups in total. The van der Waals surface area contributed by atoms with E-state index in [0.29, 0.717) is 5.52 Å². The third-order valence-electron chi connectivity index (χ3n) is 1.86. The zero-order valence-corrected chi connectivity index (χ0v) is 7.83. The van der Waals surface area contributed by atoms with E-state index < -0.39 is 10.2 Å². The van der Waals surface area contributed by atoms with E-state index in [1.54, 1.807) is 12.1 Å². The Labute approximate surface area is 80.4 Å². The Balaban J connectivity index is 2.75. The van der Waals surface area contributed by atoms with Gasteiger partial charge in [-0.1, -0.05) is 12.1 Å². The van der Waals surface area contributed by atoms with Gasteiger partial charge in [-0.05, 0) is 18.2 Å². The number of halogens is 1. The van der Waals surface area contributed by atoms with Crippen LogP contribution in [-0.2, 0) is 10.2 Å². The fraction of sp³-hybridized carbons (Fsp3) is 0. The fourth-order valence-corrected chi connectivity index (χ4v) is 1.68. The zero-order valence-electron chi connectivity index (χ0n) is 7.01. The van der Waals surface area contributed by atoms with Crippen LogP contribution in [0, 0.1) is 0 Å². The number of benzene rings is 1. The molecule has 72 valence electrons. The second-order valence-corrected chi connectivity index (χ2v) is 4.14. The first-order valence-electron chi connectivity index (χ1n) is 3.87. The first kappa shape index (κ1) is 9.08. The van der Waals surface area contributed by atoms with Crippen molar-refractivity contribution in [2.75, 3.05) is 0 Å². The molecule has 0 spiro atoms. The summed E-state index contributed by atoms with van der Waals surface area (Å²) in [6.07, 6.45) is 1.52. The van der Waals surface area contributed by atoms with Crippen molar-refractivity contribution in [3.63, 3.8) is 0 Å². The van der Waals surface area contributed by atoms with E-state index in [-0.39, 0.29) is 4.90 Å². The standard InChI is InChI=1S/C9H6FNO2S/c10-14(12,13)8-4-3-7-2-1-5-11-9(7)6-8/h1-6H. The lowest BCUT2D eigenvalue weighted by Crippen LogP contribution is -1.91. The van der Waals surface area contributed by atoms with Crippen molar-refractivity contribution in [2.24, 2.45) is 0 Å². The molecule has 0 fully saturated rings. The topological polar surface area (TPSA) is 47.0 Å². The molecule has 0 bridgehead atoms. The highest BCUT2D eigenvalue weighted by Crippen LogP contribution is 2.18. The first-order chi connectivity index (χ1) is 6.57. The van der Waals surface area contributed by atoms with E-state index in [1.807, 2.05) is 0 Å². The molecule has 1 heterocycles. The van der Waals surface area contributed by atoms with Crippen molar-refractivity contribution in [2.45, 2.75) is 4.90 Å². The van der Waals surface area contributed by atoms with Crippen LogP contribution in [0.3, 0.4) is 0 Å². The van der Waals surface area contributed by atoms with Crippen LogP contribution in [0.25, 0.3) is 10.9 Å². The normalized spacial score (nSPS) is 11.8. The van der Waals surface area contributed by atoms with Crippen LogP contribution in [0.1, 0.15) is 0 Å². The average Bonchev–Trinajstić information content (AvgIpc) is 2.16. The SMILES string of the molecule is O=S(=O)(F)c1ccc2cccnc2c1. The molecule has 0 aliphatic rings. The van der Waals surface area contributed by atoms with E-state index in [2.05, 4.69) is 4.98 Å². The Morgan fingerprint density at radius 2 is 2.00 bits per heavy atom. The third-order valence-corrected chi connectivity index (χ3v) is 2.68. The minimum absolute atomic E-state index is 0.358. The lowest BCUT2D eigenvalue weighted by molar-refractivity contribution is 0.552. The van der Waals surface area contributed by atoms with E-state index >= 15 is 0 Å². The van der Waals surface area contributed by atoms with Gasteiger partial charge in [-0.3, -0.25) is 4.98 Å². The summed E-state index contributed by atoms with van der Waals surface area (Å²) in [4.78, 5) is 3.57. The van der Waals surface area contributed by atoms with E-state index in [9.17, 15) is 12.3 Å². The van der Waals surface area contributed by atoms with Gasteiger partial charge >= 0.3 is 10.2 Å². The van der Waals surface area contributed by atoms with Gasteiger partial charge in [0.05, 0.1) is 5.52 Å². The van der Waals surface area contributed by atoms with Crippen LogP contribution in [0.5, 0.6) is 0 Å². The summed E-state index contributed by atoms with van der Waals surface area (Å²) in [7, 11) is -4.63. The summed E-state index contributed by atoms with van der Waals surface area (Å²) in [5, 5.41) is 0.778. The van der Waals surface area contributed by atoms with Crippen LogP contribution in [0.2, 0.25) is 0 Å². The predicted octanol–water partition coefficient (Wildman–Crippen LogP) is 1.89. The molecule has 1 aromatic heterocycles. The Morgan fingerprint density at radius 1 is 1.21 bits per heavy atom. The van der Waals surface area contributed by atoms with Gasteiger partial charge in [0.25, 0.3) is 0 Å². The molecule has 0 aliphatic heterocycles. The maximum Gasteiger partial charge on any atom is 0.332 e. The largest absolute Gasteiger partial charge is 0.332 e. The van der Waals surface area contributed by atoms with Gasteiger partial charge in [0, 0.05) is 11.6 Å². The second-order valence-electron chi connectivity index (χ2n) is 2.80. The van der Waals surface area contributed by atoms with Gasteiger partial charge in [-0.2, -0.15) is 8.42 Å². The summed E-state index contributed by atoms with van der Waals surface area (Å²) in [5.41, 5.74) is 0.464. The number of rotatable bonds is 1. The number of fused-ring (bicyclic) bond motifs is 1. The van der Waals surface area contributed by atoms with Crippen LogP contribution in [0.4, 0.5) is 3.89 Å². The van der Waals surface area contributed by atoms with Gasteiger partial charge < -0.3 is 0 Å². The van der Waals surface area contributed by atoms with Crippen LogP contribution < -0.4 is 0 Å². The molecule has 3 nitrogen and oxygen atoms in total. The maximum atomic E-state index is 12.6. The monoisotopic (exact) mass is 211 g/mol. The summed E-state index contributed by atoms with van der Waals surface area (Å²) in [6.45, 7) is 0. The smallest absolute Gasteiger partial charge is 0.256 e. The Kier molecular flexibility index (Phi) is 1.96. The minimum atomic E-state index is -4.63.